The van der Waals surface area contributed by atoms with Crippen molar-refractivity contribution in [1.82, 2.24) is 9.13 Å². The molecule has 2 nitrogen and oxygen atoms in total. The molecule has 0 spiro atoms. The molecule has 0 amide bonds. The van der Waals surface area contributed by atoms with Crippen LogP contribution in [0, 0.1) is 0 Å². The Morgan fingerprint density at radius 2 is 0.691 bits per heavy atom. The molecule has 0 radical (unpaired) electrons. The summed E-state index contributed by atoms with van der Waals surface area (Å²) in [7, 11) is 0. The van der Waals surface area contributed by atoms with E-state index in [4.69, 9.17) is 0 Å². The van der Waals surface area contributed by atoms with Crippen LogP contribution < -0.4 is 0 Å². The van der Waals surface area contributed by atoms with Gasteiger partial charge in [0.1, 0.15) is 0 Å². The largest absolute Gasteiger partial charge is 0.309 e. The van der Waals surface area contributed by atoms with Crippen LogP contribution in [-0.2, 0) is 21.7 Å². The Bertz CT molecular complexity index is 2640. The zero-order valence-electron chi connectivity index (χ0n) is 34.7. The van der Waals surface area contributed by atoms with Crippen LogP contribution in [0.15, 0.2) is 120 Å². The molecule has 0 N–H and O–H groups in total. The predicted octanol–water partition coefficient (Wildman–Crippen LogP) is 15.5. The Hall–Kier alpha value is -4.60. The standard InChI is InChI=1S/C52H55BrN2/c1-49(2,3)33-18-22-43-38(26-33)39-27-34(50(4,5)6)19-23-44(39)54(43)47-31-48(42(53)30-37(47)32-16-14-13-15-17-32)55-45-24-20-35(51(7,8)9)28-40(45)41-29-36(52(10,11)12)21-25-46(41)55/h13-31H,1-12H3. The van der Waals surface area contributed by atoms with Gasteiger partial charge in [0, 0.05) is 31.6 Å². The van der Waals surface area contributed by atoms with Gasteiger partial charge >= 0.3 is 0 Å². The first-order valence-electron chi connectivity index (χ1n) is 19.8. The third-order valence-electron chi connectivity index (χ3n) is 11.6. The maximum Gasteiger partial charge on any atom is 0.0625 e. The molecule has 0 aliphatic rings. The summed E-state index contributed by atoms with van der Waals surface area (Å²) >= 11 is 4.16. The van der Waals surface area contributed by atoms with E-state index in [0.717, 1.165) is 15.8 Å². The molecule has 0 saturated heterocycles. The Morgan fingerprint density at radius 3 is 1.02 bits per heavy atom. The van der Waals surface area contributed by atoms with E-state index >= 15 is 0 Å². The first kappa shape index (κ1) is 37.3. The summed E-state index contributed by atoms with van der Waals surface area (Å²) in [5.41, 5.74) is 15.0. The van der Waals surface area contributed by atoms with Gasteiger partial charge in [-0.05, 0) is 126 Å². The fourth-order valence-corrected chi connectivity index (χ4v) is 8.71. The van der Waals surface area contributed by atoms with Crippen LogP contribution in [0.2, 0.25) is 0 Å². The number of fused-ring (bicyclic) bond motifs is 6. The molecule has 0 bridgehead atoms. The summed E-state index contributed by atoms with van der Waals surface area (Å²) in [4.78, 5) is 0. The first-order chi connectivity index (χ1) is 25.7. The monoisotopic (exact) mass is 786 g/mol. The quantitative estimate of drug-likeness (QED) is 0.169. The molecule has 2 heterocycles. The number of halogens is 1. The molecule has 55 heavy (non-hydrogen) atoms. The normalized spacial score (nSPS) is 13.2. The van der Waals surface area contributed by atoms with Crippen LogP contribution in [0.25, 0.3) is 66.1 Å². The second kappa shape index (κ2) is 12.7. The van der Waals surface area contributed by atoms with E-state index in [1.54, 1.807) is 0 Å². The van der Waals surface area contributed by atoms with Crippen LogP contribution in [0.4, 0.5) is 0 Å². The van der Waals surface area contributed by atoms with Gasteiger partial charge in [-0.3, -0.25) is 0 Å². The van der Waals surface area contributed by atoms with E-state index in [0.29, 0.717) is 0 Å². The van der Waals surface area contributed by atoms with Crippen molar-refractivity contribution in [3.05, 3.63) is 142 Å². The van der Waals surface area contributed by atoms with Crippen molar-refractivity contribution in [1.29, 1.82) is 0 Å². The molecule has 8 rings (SSSR count). The van der Waals surface area contributed by atoms with E-state index in [1.165, 1.54) is 77.0 Å². The second-order valence-corrected chi connectivity index (χ2v) is 20.6. The molecule has 0 unspecified atom stereocenters. The lowest BCUT2D eigenvalue weighted by molar-refractivity contribution is 0.590. The maximum absolute atomic E-state index is 4.16. The van der Waals surface area contributed by atoms with E-state index in [2.05, 4.69) is 223 Å². The maximum atomic E-state index is 4.16. The van der Waals surface area contributed by atoms with Crippen LogP contribution >= 0.6 is 15.9 Å². The van der Waals surface area contributed by atoms with Crippen molar-refractivity contribution in [3.8, 4) is 22.5 Å². The summed E-state index contributed by atoms with van der Waals surface area (Å²) < 4.78 is 6.06. The molecule has 0 aliphatic heterocycles. The highest BCUT2D eigenvalue weighted by Crippen LogP contribution is 2.44. The lowest BCUT2D eigenvalue weighted by Gasteiger charge is -2.21. The topological polar surface area (TPSA) is 9.86 Å². The number of benzene rings is 6. The van der Waals surface area contributed by atoms with E-state index < -0.39 is 0 Å². The van der Waals surface area contributed by atoms with Gasteiger partial charge in [-0.25, -0.2) is 0 Å². The first-order valence-corrected chi connectivity index (χ1v) is 20.6. The summed E-state index contributed by atoms with van der Waals surface area (Å²) in [5.74, 6) is 0. The zero-order valence-corrected chi connectivity index (χ0v) is 36.3. The van der Waals surface area contributed by atoms with Gasteiger partial charge in [-0.1, -0.05) is 138 Å². The Labute approximate surface area is 336 Å². The lowest BCUT2D eigenvalue weighted by atomic mass is 9.85. The minimum atomic E-state index is 0.0282. The molecule has 0 fully saturated rings. The van der Waals surface area contributed by atoms with E-state index in [-0.39, 0.29) is 21.7 Å². The van der Waals surface area contributed by atoms with Gasteiger partial charge in [0.05, 0.1) is 33.4 Å². The second-order valence-electron chi connectivity index (χ2n) is 19.8. The minimum absolute atomic E-state index is 0.0282. The van der Waals surface area contributed by atoms with E-state index in [1.807, 2.05) is 0 Å². The average molecular weight is 788 g/mol. The van der Waals surface area contributed by atoms with Gasteiger partial charge < -0.3 is 9.13 Å². The van der Waals surface area contributed by atoms with Crippen molar-refractivity contribution < 1.29 is 0 Å². The van der Waals surface area contributed by atoms with Crippen LogP contribution in [0.5, 0.6) is 0 Å². The summed E-state index contributed by atoms with van der Waals surface area (Å²) in [6.45, 7) is 27.7. The predicted molar refractivity (Wildman–Crippen MR) is 243 cm³/mol. The molecule has 280 valence electrons. The molecule has 3 heteroatoms. The average Bonchev–Trinajstić information content (AvgIpc) is 3.62. The number of aromatic nitrogens is 2. The molecule has 0 saturated carbocycles. The third-order valence-corrected chi connectivity index (χ3v) is 12.3. The molecule has 8 aromatic rings. The van der Waals surface area contributed by atoms with Gasteiger partial charge in [0.2, 0.25) is 0 Å². The Kier molecular flexibility index (Phi) is 8.63. The molecular formula is C52H55BrN2. The fourth-order valence-electron chi connectivity index (χ4n) is 8.19. The van der Waals surface area contributed by atoms with Crippen molar-refractivity contribution in [2.75, 3.05) is 0 Å². The Morgan fingerprint density at radius 1 is 0.364 bits per heavy atom. The number of nitrogens with zero attached hydrogens (tertiary/aromatic N) is 2. The van der Waals surface area contributed by atoms with Crippen molar-refractivity contribution in [3.63, 3.8) is 0 Å². The Balaban J connectivity index is 1.51. The highest BCUT2D eigenvalue weighted by molar-refractivity contribution is 9.10. The van der Waals surface area contributed by atoms with E-state index in [9.17, 15) is 0 Å². The number of hydrogen-bond acceptors (Lipinski definition) is 0. The SMILES string of the molecule is CC(C)(C)c1ccc2c(c1)c1cc(C(C)(C)C)ccc1n2-c1cc(-n2c3ccc(C(C)(C)C)cc3c3cc(C(C)(C)C)ccc32)c(-c2ccccc2)cc1Br. The summed E-state index contributed by atoms with van der Waals surface area (Å²) in [6, 6.07) is 44.1. The van der Waals surface area contributed by atoms with Gasteiger partial charge in [0.25, 0.3) is 0 Å². The van der Waals surface area contributed by atoms with Gasteiger partial charge in [-0.2, -0.15) is 0 Å². The van der Waals surface area contributed by atoms with Crippen molar-refractivity contribution >= 4 is 59.5 Å². The van der Waals surface area contributed by atoms with Crippen molar-refractivity contribution in [2.24, 2.45) is 0 Å². The van der Waals surface area contributed by atoms with Gasteiger partial charge in [-0.15, -0.1) is 0 Å². The fraction of sp³-hybridized carbons (Fsp3) is 0.308. The smallest absolute Gasteiger partial charge is 0.0625 e. The van der Waals surface area contributed by atoms with Crippen LogP contribution in [0.3, 0.4) is 0 Å². The lowest BCUT2D eigenvalue weighted by Crippen LogP contribution is -2.10. The molecular weight excluding hydrogens is 732 g/mol. The number of hydrogen-bond donors (Lipinski definition) is 0. The zero-order chi connectivity index (χ0) is 39.4. The highest BCUT2D eigenvalue weighted by atomic mass is 79.9. The highest BCUT2D eigenvalue weighted by Gasteiger charge is 2.26. The number of rotatable bonds is 3. The van der Waals surface area contributed by atoms with Gasteiger partial charge in [0.15, 0.2) is 0 Å². The molecule has 2 aromatic heterocycles. The molecule has 0 atom stereocenters. The van der Waals surface area contributed by atoms with Crippen LogP contribution in [0.1, 0.15) is 105 Å². The summed E-state index contributed by atoms with van der Waals surface area (Å²) in [5, 5.41) is 5.15. The summed E-state index contributed by atoms with van der Waals surface area (Å²) in [6.07, 6.45) is 0. The van der Waals surface area contributed by atoms with Crippen molar-refractivity contribution in [2.45, 2.75) is 105 Å². The molecule has 6 aromatic carbocycles. The molecule has 0 aliphatic carbocycles. The third kappa shape index (κ3) is 6.43. The van der Waals surface area contributed by atoms with Crippen LogP contribution in [-0.4, -0.2) is 9.13 Å². The minimum Gasteiger partial charge on any atom is -0.309 e.